The Morgan fingerprint density at radius 2 is 1.96 bits per heavy atom. The predicted octanol–water partition coefficient (Wildman–Crippen LogP) is 2.95. The maximum absolute atomic E-state index is 12.4. The van der Waals surface area contributed by atoms with Crippen molar-refractivity contribution >= 4 is 17.5 Å². The minimum atomic E-state index is -0.114. The first-order chi connectivity index (χ1) is 12.0. The van der Waals surface area contributed by atoms with E-state index in [9.17, 15) is 9.59 Å². The highest BCUT2D eigenvalue weighted by atomic mass is 16.2. The molecule has 1 saturated carbocycles. The van der Waals surface area contributed by atoms with Crippen molar-refractivity contribution in [3.63, 3.8) is 0 Å². The van der Waals surface area contributed by atoms with Gasteiger partial charge in [0.25, 0.3) is 0 Å². The zero-order valence-electron chi connectivity index (χ0n) is 15.1. The van der Waals surface area contributed by atoms with Gasteiger partial charge in [0, 0.05) is 18.9 Å². The van der Waals surface area contributed by atoms with Crippen LogP contribution in [0.2, 0.25) is 0 Å². The van der Waals surface area contributed by atoms with E-state index in [1.807, 2.05) is 30.3 Å². The quantitative estimate of drug-likeness (QED) is 0.915. The average Bonchev–Trinajstić information content (AvgIpc) is 2.61. The number of rotatable bonds is 4. The Labute approximate surface area is 149 Å². The van der Waals surface area contributed by atoms with Gasteiger partial charge in [-0.1, -0.05) is 57.0 Å². The lowest BCUT2D eigenvalue weighted by Crippen LogP contribution is -2.48. The Kier molecular flexibility index (Phi) is 5.51. The molecule has 3 rings (SSSR count). The Morgan fingerprint density at radius 1 is 1.20 bits per heavy atom. The highest BCUT2D eigenvalue weighted by Gasteiger charge is 2.29. The van der Waals surface area contributed by atoms with Crippen LogP contribution in [0.15, 0.2) is 35.4 Å². The molecule has 0 unspecified atom stereocenters. The van der Waals surface area contributed by atoms with Crippen molar-refractivity contribution in [2.24, 2.45) is 16.9 Å². The predicted molar refractivity (Wildman–Crippen MR) is 98.0 cm³/mol. The summed E-state index contributed by atoms with van der Waals surface area (Å²) >= 11 is 0. The molecule has 25 heavy (non-hydrogen) atoms. The summed E-state index contributed by atoms with van der Waals surface area (Å²) in [6, 6.07) is 10.0. The summed E-state index contributed by atoms with van der Waals surface area (Å²) in [5.41, 5.74) is 1.88. The minimum absolute atomic E-state index is 0.00671. The number of benzene rings is 1. The molecule has 1 heterocycles. The van der Waals surface area contributed by atoms with E-state index in [1.54, 1.807) is 0 Å². The maximum Gasteiger partial charge on any atom is 0.243 e. The molecule has 134 valence electrons. The van der Waals surface area contributed by atoms with Crippen LogP contribution in [0, 0.1) is 11.8 Å². The van der Waals surface area contributed by atoms with E-state index in [1.165, 1.54) is 11.4 Å². The summed E-state index contributed by atoms with van der Waals surface area (Å²) in [6.45, 7) is 4.45. The van der Waals surface area contributed by atoms with E-state index in [0.29, 0.717) is 24.7 Å². The Balaban J connectivity index is 1.64. The van der Waals surface area contributed by atoms with Crippen LogP contribution in [0.4, 0.5) is 0 Å². The third-order valence-electron chi connectivity index (χ3n) is 5.56. The summed E-state index contributed by atoms with van der Waals surface area (Å²) in [6.07, 6.45) is 4.41. The van der Waals surface area contributed by atoms with Crippen LogP contribution in [-0.2, 0) is 9.59 Å². The van der Waals surface area contributed by atoms with Crippen LogP contribution in [0.25, 0.3) is 0 Å². The van der Waals surface area contributed by atoms with Gasteiger partial charge in [-0.15, -0.1) is 0 Å². The highest BCUT2D eigenvalue weighted by molar-refractivity contribution is 6.04. The molecule has 2 amide bonds. The fraction of sp³-hybridized carbons (Fsp3) is 0.550. The molecule has 0 aromatic heterocycles. The van der Waals surface area contributed by atoms with Gasteiger partial charge in [0.1, 0.15) is 6.54 Å². The van der Waals surface area contributed by atoms with E-state index in [0.717, 1.165) is 24.1 Å². The normalized spacial score (nSPS) is 27.0. The second-order valence-corrected chi connectivity index (χ2v) is 7.31. The van der Waals surface area contributed by atoms with Crippen molar-refractivity contribution in [3.05, 3.63) is 35.9 Å². The van der Waals surface area contributed by atoms with Gasteiger partial charge in [-0.05, 0) is 23.8 Å². The van der Waals surface area contributed by atoms with Crippen molar-refractivity contribution in [3.8, 4) is 0 Å². The van der Waals surface area contributed by atoms with Gasteiger partial charge < -0.3 is 5.32 Å². The maximum atomic E-state index is 12.4. The second kappa shape index (κ2) is 7.81. The monoisotopic (exact) mass is 341 g/mol. The molecule has 1 aliphatic carbocycles. The number of hydrazone groups is 1. The summed E-state index contributed by atoms with van der Waals surface area (Å²) in [4.78, 5) is 24.6. The standard InChI is InChI=1S/C20H27N3O2/c1-14-7-6-10-17(15(14)2)21-19(24)13-23-20(25)12-11-18(22-23)16-8-4-3-5-9-16/h3-5,8-9,14-15,17H,6-7,10-13H2,1-2H3,(H,21,24)/t14-,15-,17+/m1/s1. The molecule has 0 saturated heterocycles. The highest BCUT2D eigenvalue weighted by Crippen LogP contribution is 2.29. The van der Waals surface area contributed by atoms with E-state index >= 15 is 0 Å². The third-order valence-corrected chi connectivity index (χ3v) is 5.56. The summed E-state index contributed by atoms with van der Waals surface area (Å²) in [5.74, 6) is 0.897. The van der Waals surface area contributed by atoms with Crippen molar-refractivity contribution in [1.29, 1.82) is 0 Å². The van der Waals surface area contributed by atoms with Crippen molar-refractivity contribution in [2.45, 2.75) is 52.0 Å². The number of hydrogen-bond donors (Lipinski definition) is 1. The number of amides is 2. The van der Waals surface area contributed by atoms with E-state index in [-0.39, 0.29) is 24.4 Å². The van der Waals surface area contributed by atoms with Gasteiger partial charge in [-0.2, -0.15) is 5.10 Å². The van der Waals surface area contributed by atoms with Crippen LogP contribution >= 0.6 is 0 Å². The number of hydrogen-bond acceptors (Lipinski definition) is 3. The van der Waals surface area contributed by atoms with Crippen molar-refractivity contribution < 1.29 is 9.59 Å². The molecule has 5 nitrogen and oxygen atoms in total. The molecule has 5 heteroatoms. The average molecular weight is 341 g/mol. The van der Waals surface area contributed by atoms with Crippen LogP contribution in [0.5, 0.6) is 0 Å². The molecule has 2 aliphatic rings. The second-order valence-electron chi connectivity index (χ2n) is 7.31. The molecule has 1 fully saturated rings. The molecule has 0 spiro atoms. The van der Waals surface area contributed by atoms with Crippen LogP contribution in [0.3, 0.4) is 0 Å². The topological polar surface area (TPSA) is 61.8 Å². The molecule has 0 radical (unpaired) electrons. The largest absolute Gasteiger partial charge is 0.351 e. The summed E-state index contributed by atoms with van der Waals surface area (Å²) < 4.78 is 0. The first-order valence-corrected chi connectivity index (χ1v) is 9.27. The molecule has 3 atom stereocenters. The SMILES string of the molecule is C[C@@H]1[C@H](C)CCC[C@@H]1NC(=O)CN1N=C(c2ccccc2)CCC1=O. The third kappa shape index (κ3) is 4.27. The van der Waals surface area contributed by atoms with Crippen LogP contribution in [0.1, 0.15) is 51.5 Å². The number of nitrogens with one attached hydrogen (secondary N) is 1. The molecule has 1 aliphatic heterocycles. The number of carbonyl (C=O) groups excluding carboxylic acids is 2. The minimum Gasteiger partial charge on any atom is -0.351 e. The Morgan fingerprint density at radius 3 is 2.72 bits per heavy atom. The zero-order chi connectivity index (χ0) is 17.8. The molecule has 1 aromatic rings. The lowest BCUT2D eigenvalue weighted by atomic mass is 9.78. The lowest BCUT2D eigenvalue weighted by molar-refractivity contribution is -0.137. The van der Waals surface area contributed by atoms with E-state index < -0.39 is 0 Å². The fourth-order valence-electron chi connectivity index (χ4n) is 3.74. The van der Waals surface area contributed by atoms with Gasteiger partial charge in [-0.25, -0.2) is 5.01 Å². The first kappa shape index (κ1) is 17.6. The summed E-state index contributed by atoms with van der Waals surface area (Å²) in [5, 5.41) is 8.89. The molecular weight excluding hydrogens is 314 g/mol. The van der Waals surface area contributed by atoms with Gasteiger partial charge in [0.05, 0.1) is 5.71 Å². The van der Waals surface area contributed by atoms with Gasteiger partial charge >= 0.3 is 0 Å². The molecular formula is C20H27N3O2. The number of nitrogens with zero attached hydrogens (tertiary/aromatic N) is 2. The lowest BCUT2D eigenvalue weighted by Gasteiger charge is -2.35. The van der Waals surface area contributed by atoms with Crippen molar-refractivity contribution in [2.75, 3.05) is 6.54 Å². The molecule has 1 N–H and O–H groups in total. The fourth-order valence-corrected chi connectivity index (χ4v) is 3.74. The van der Waals surface area contributed by atoms with E-state index in [2.05, 4.69) is 24.3 Å². The number of carbonyl (C=O) groups is 2. The molecule has 0 bridgehead atoms. The van der Waals surface area contributed by atoms with Crippen LogP contribution < -0.4 is 5.32 Å². The van der Waals surface area contributed by atoms with Crippen molar-refractivity contribution in [1.82, 2.24) is 10.3 Å². The summed E-state index contributed by atoms with van der Waals surface area (Å²) in [7, 11) is 0. The Bertz CT molecular complexity index is 656. The Hall–Kier alpha value is -2.17. The van der Waals surface area contributed by atoms with Gasteiger partial charge in [0.2, 0.25) is 11.8 Å². The van der Waals surface area contributed by atoms with Gasteiger partial charge in [-0.3, -0.25) is 9.59 Å². The molecule has 1 aromatic carbocycles. The van der Waals surface area contributed by atoms with Gasteiger partial charge in [0.15, 0.2) is 0 Å². The van der Waals surface area contributed by atoms with Crippen LogP contribution in [-0.4, -0.2) is 35.1 Å². The zero-order valence-corrected chi connectivity index (χ0v) is 15.1. The smallest absolute Gasteiger partial charge is 0.243 e. The van der Waals surface area contributed by atoms with E-state index in [4.69, 9.17) is 0 Å². The first-order valence-electron chi connectivity index (χ1n) is 9.27.